The Balaban J connectivity index is 1.85. The molecule has 1 aromatic carbocycles. The van der Waals surface area contributed by atoms with E-state index in [-0.39, 0.29) is 11.0 Å². The number of nitrogens with zero attached hydrogens (tertiary/aromatic N) is 2. The highest BCUT2D eigenvalue weighted by atomic mass is 35.5. The van der Waals surface area contributed by atoms with Gasteiger partial charge < -0.3 is 5.32 Å². The molecule has 1 aromatic heterocycles. The van der Waals surface area contributed by atoms with Gasteiger partial charge >= 0.3 is 0 Å². The Hall–Kier alpha value is -2.17. The van der Waals surface area contributed by atoms with Crippen molar-refractivity contribution < 1.29 is 0 Å². The van der Waals surface area contributed by atoms with Gasteiger partial charge in [-0.25, -0.2) is 0 Å². The molecule has 3 heterocycles. The standard InChI is InChI=1S/C26H30ClN3O/c1-3-7-21-23(17(2)27)24(31)29-25-26(12-5-4-6-13-26)20-9-8-19(16-22(20)30(21)25)18-10-14-28-15-11-18/h3,7-9,16,18,28H,1,4-6,10-15H2,2H3/b21-7+,23-17-. The summed E-state index contributed by atoms with van der Waals surface area (Å²) in [5, 5.41) is 5.23. The van der Waals surface area contributed by atoms with Crippen LogP contribution in [-0.4, -0.2) is 22.6 Å². The average Bonchev–Trinajstić information content (AvgIpc) is 3.03. The van der Waals surface area contributed by atoms with Gasteiger partial charge in [0.15, 0.2) is 0 Å². The number of hydrogen-bond donors (Lipinski definition) is 1. The summed E-state index contributed by atoms with van der Waals surface area (Å²) in [6.45, 7) is 7.81. The molecule has 0 atom stereocenters. The molecule has 0 unspecified atom stereocenters. The van der Waals surface area contributed by atoms with Crippen molar-refractivity contribution >= 4 is 22.7 Å². The van der Waals surface area contributed by atoms with Crippen LogP contribution < -0.4 is 21.4 Å². The van der Waals surface area contributed by atoms with Gasteiger partial charge in [-0.05, 0) is 74.9 Å². The van der Waals surface area contributed by atoms with Crippen LogP contribution in [0.25, 0.3) is 16.8 Å². The summed E-state index contributed by atoms with van der Waals surface area (Å²) in [6.07, 6.45) is 11.6. The van der Waals surface area contributed by atoms with E-state index in [4.69, 9.17) is 11.6 Å². The van der Waals surface area contributed by atoms with Gasteiger partial charge in [0.05, 0.1) is 21.7 Å². The van der Waals surface area contributed by atoms with Crippen molar-refractivity contribution in [1.82, 2.24) is 14.9 Å². The van der Waals surface area contributed by atoms with E-state index in [2.05, 4.69) is 39.6 Å². The summed E-state index contributed by atoms with van der Waals surface area (Å²) < 4.78 is 2.22. The smallest absolute Gasteiger partial charge is 0.282 e. The number of hydrogen-bond acceptors (Lipinski definition) is 3. The van der Waals surface area contributed by atoms with Crippen LogP contribution in [0.5, 0.6) is 0 Å². The highest BCUT2D eigenvalue weighted by molar-refractivity contribution is 6.44. The van der Waals surface area contributed by atoms with Crippen LogP contribution in [0.1, 0.15) is 74.7 Å². The lowest BCUT2D eigenvalue weighted by atomic mass is 9.69. The van der Waals surface area contributed by atoms with Crippen LogP contribution in [0.15, 0.2) is 35.6 Å². The molecule has 2 aromatic rings. The Labute approximate surface area is 188 Å². The molecule has 1 N–H and O–H groups in total. The molecule has 0 bridgehead atoms. The first-order valence-corrected chi connectivity index (χ1v) is 11.9. The first kappa shape index (κ1) is 20.7. The quantitative estimate of drug-likeness (QED) is 0.784. The zero-order chi connectivity index (χ0) is 21.6. The highest BCUT2D eigenvalue weighted by Crippen LogP contribution is 2.50. The summed E-state index contributed by atoms with van der Waals surface area (Å²) in [7, 11) is 0. The lowest BCUT2D eigenvalue weighted by Gasteiger charge is -2.33. The van der Waals surface area contributed by atoms with E-state index in [1.807, 2.05) is 6.08 Å². The van der Waals surface area contributed by atoms with E-state index < -0.39 is 0 Å². The second kappa shape index (κ2) is 8.07. The van der Waals surface area contributed by atoms with Gasteiger partial charge in [0.2, 0.25) is 0 Å². The van der Waals surface area contributed by atoms with Crippen molar-refractivity contribution in [3.05, 3.63) is 68.7 Å². The topological polar surface area (TPSA) is 46.9 Å². The van der Waals surface area contributed by atoms with Crippen molar-refractivity contribution in [1.29, 1.82) is 0 Å². The maximum Gasteiger partial charge on any atom is 0.282 e. The summed E-state index contributed by atoms with van der Waals surface area (Å²) in [5.41, 5.74) is 3.47. The number of allylic oxidation sites excluding steroid dienone is 1. The predicted molar refractivity (Wildman–Crippen MR) is 127 cm³/mol. The van der Waals surface area contributed by atoms with Gasteiger partial charge in [0.25, 0.3) is 5.56 Å². The fourth-order valence-corrected chi connectivity index (χ4v) is 6.19. The van der Waals surface area contributed by atoms with E-state index in [1.54, 1.807) is 13.0 Å². The first-order chi connectivity index (χ1) is 15.1. The minimum Gasteiger partial charge on any atom is -0.317 e. The van der Waals surface area contributed by atoms with Crippen molar-refractivity contribution in [2.45, 2.75) is 63.2 Å². The second-order valence-corrected chi connectivity index (χ2v) is 9.78. The summed E-state index contributed by atoms with van der Waals surface area (Å²) >= 11 is 6.41. The molecule has 1 aliphatic carbocycles. The third-order valence-electron chi connectivity index (χ3n) is 7.47. The predicted octanol–water partition coefficient (Wildman–Crippen LogP) is 3.60. The van der Waals surface area contributed by atoms with Gasteiger partial charge in [-0.2, -0.15) is 4.98 Å². The summed E-state index contributed by atoms with van der Waals surface area (Å²) in [5.74, 6) is 1.46. The normalized spacial score (nSPS) is 21.7. The third-order valence-corrected chi connectivity index (χ3v) is 7.66. The van der Waals surface area contributed by atoms with E-state index in [0.717, 1.165) is 62.8 Å². The number of benzene rings is 1. The highest BCUT2D eigenvalue weighted by Gasteiger charge is 2.46. The van der Waals surface area contributed by atoms with E-state index in [1.165, 1.54) is 23.2 Å². The zero-order valence-corrected chi connectivity index (χ0v) is 19.0. The van der Waals surface area contributed by atoms with E-state index in [9.17, 15) is 4.79 Å². The molecule has 162 valence electrons. The van der Waals surface area contributed by atoms with Gasteiger partial charge in [-0.15, -0.1) is 0 Å². The number of halogens is 1. The molecular formula is C26H30ClN3O. The van der Waals surface area contributed by atoms with E-state index in [0.29, 0.717) is 16.2 Å². The molecule has 2 aliphatic heterocycles. The molecule has 2 fully saturated rings. The van der Waals surface area contributed by atoms with Crippen LogP contribution in [0.2, 0.25) is 0 Å². The van der Waals surface area contributed by atoms with Gasteiger partial charge in [0.1, 0.15) is 5.82 Å². The fourth-order valence-electron chi connectivity index (χ4n) is 6.01. The maximum absolute atomic E-state index is 13.1. The first-order valence-electron chi connectivity index (χ1n) is 11.5. The zero-order valence-electron chi connectivity index (χ0n) is 18.2. The number of nitrogens with one attached hydrogen (secondary N) is 1. The number of fused-ring (bicyclic) bond motifs is 5. The molecule has 1 saturated carbocycles. The minimum atomic E-state index is -0.233. The molecule has 0 radical (unpaired) electrons. The average molecular weight is 436 g/mol. The Kier molecular flexibility index (Phi) is 5.39. The van der Waals surface area contributed by atoms with Crippen LogP contribution in [0.4, 0.5) is 0 Å². The third kappa shape index (κ3) is 3.23. The molecule has 3 aliphatic rings. The molecule has 5 heteroatoms. The Bertz CT molecular complexity index is 1210. The van der Waals surface area contributed by atoms with Crippen molar-refractivity contribution in [2.24, 2.45) is 0 Å². The van der Waals surface area contributed by atoms with Crippen molar-refractivity contribution in [3.8, 4) is 5.69 Å². The molecular weight excluding hydrogens is 406 g/mol. The number of piperidine rings is 1. The molecule has 1 saturated heterocycles. The summed E-state index contributed by atoms with van der Waals surface area (Å²) in [6, 6.07) is 7.01. The molecule has 4 nitrogen and oxygen atoms in total. The number of rotatable bonds is 2. The fraction of sp³-hybridized carbons (Fsp3) is 0.462. The van der Waals surface area contributed by atoms with Crippen LogP contribution in [-0.2, 0) is 5.41 Å². The SMILES string of the molecule is C=C/C=c1\c(=C(/C)Cl)c(=O)nc2n1-c1cc(C3CCNCC3)ccc1C21CCCCC1. The van der Waals surface area contributed by atoms with Crippen LogP contribution in [0.3, 0.4) is 0 Å². The Morgan fingerprint density at radius 1 is 1.26 bits per heavy atom. The minimum absolute atomic E-state index is 0.179. The number of aromatic nitrogens is 2. The monoisotopic (exact) mass is 435 g/mol. The molecule has 1 spiro atoms. The summed E-state index contributed by atoms with van der Waals surface area (Å²) in [4.78, 5) is 17.8. The van der Waals surface area contributed by atoms with Gasteiger partial charge in [-0.3, -0.25) is 9.36 Å². The van der Waals surface area contributed by atoms with Crippen LogP contribution in [0, 0.1) is 0 Å². The molecule has 31 heavy (non-hydrogen) atoms. The lowest BCUT2D eigenvalue weighted by Crippen LogP contribution is -2.49. The van der Waals surface area contributed by atoms with E-state index >= 15 is 0 Å². The Morgan fingerprint density at radius 3 is 2.68 bits per heavy atom. The maximum atomic E-state index is 13.1. The van der Waals surface area contributed by atoms with Crippen LogP contribution >= 0.6 is 11.6 Å². The van der Waals surface area contributed by atoms with Crippen molar-refractivity contribution in [2.75, 3.05) is 13.1 Å². The van der Waals surface area contributed by atoms with Gasteiger partial charge in [-0.1, -0.05) is 55.7 Å². The largest absolute Gasteiger partial charge is 0.317 e. The van der Waals surface area contributed by atoms with Gasteiger partial charge in [0, 0.05) is 5.03 Å². The molecule has 5 rings (SSSR count). The Morgan fingerprint density at radius 2 is 2.00 bits per heavy atom. The lowest BCUT2D eigenvalue weighted by molar-refractivity contribution is 0.337. The van der Waals surface area contributed by atoms with Crippen molar-refractivity contribution in [3.63, 3.8) is 0 Å². The second-order valence-electron chi connectivity index (χ2n) is 9.22. The molecule has 0 amide bonds.